The van der Waals surface area contributed by atoms with Gasteiger partial charge in [-0.2, -0.15) is 0 Å². The number of ether oxygens (including phenoxy) is 2. The molecule has 1 N–H and O–H groups in total. The van der Waals surface area contributed by atoms with Crippen LogP contribution in [0.1, 0.15) is 43.5 Å². The fourth-order valence-electron chi connectivity index (χ4n) is 3.03. The van der Waals surface area contributed by atoms with Gasteiger partial charge < -0.3 is 14.8 Å². The van der Waals surface area contributed by atoms with Crippen LogP contribution in [0.4, 0.5) is 0 Å². The quantitative estimate of drug-likeness (QED) is 0.771. The molecule has 0 aromatic heterocycles. The first kappa shape index (κ1) is 18.8. The maximum Gasteiger partial charge on any atom is 0.339 e. The average molecular weight is 398 g/mol. The summed E-state index contributed by atoms with van der Waals surface area (Å²) in [7, 11) is 1.53. The van der Waals surface area contributed by atoms with Gasteiger partial charge in [0.2, 0.25) is 0 Å². The summed E-state index contributed by atoms with van der Waals surface area (Å²) in [5.74, 6) is 0.777. The van der Waals surface area contributed by atoms with E-state index in [9.17, 15) is 9.59 Å². The molecule has 1 saturated carbocycles. The number of methoxy groups -OCH3 is 1. The molecular formula is C18H24BrNO4. The van der Waals surface area contributed by atoms with E-state index in [0.717, 1.165) is 12.8 Å². The van der Waals surface area contributed by atoms with Crippen LogP contribution in [-0.4, -0.2) is 31.6 Å². The molecule has 0 spiro atoms. The van der Waals surface area contributed by atoms with Crippen LogP contribution in [0, 0.1) is 11.8 Å². The van der Waals surface area contributed by atoms with Gasteiger partial charge >= 0.3 is 5.97 Å². The van der Waals surface area contributed by atoms with E-state index in [1.165, 1.54) is 13.5 Å². The Morgan fingerprint density at radius 3 is 2.75 bits per heavy atom. The lowest BCUT2D eigenvalue weighted by molar-refractivity contribution is -0.125. The molecule has 0 bridgehead atoms. The number of rotatable bonds is 5. The molecule has 1 aromatic carbocycles. The average Bonchev–Trinajstić information content (AvgIpc) is 2.57. The topological polar surface area (TPSA) is 64.6 Å². The highest BCUT2D eigenvalue weighted by Crippen LogP contribution is 2.29. The molecule has 1 aliphatic rings. The molecule has 2 rings (SSSR count). The predicted molar refractivity (Wildman–Crippen MR) is 95.1 cm³/mol. The number of hydrogen-bond acceptors (Lipinski definition) is 4. The number of hydrogen-bond donors (Lipinski definition) is 1. The van der Waals surface area contributed by atoms with E-state index in [1.54, 1.807) is 18.2 Å². The highest BCUT2D eigenvalue weighted by molar-refractivity contribution is 9.10. The van der Waals surface area contributed by atoms with E-state index in [4.69, 9.17) is 9.47 Å². The first-order chi connectivity index (χ1) is 11.4. The normalized spacial score (nSPS) is 23.4. The van der Waals surface area contributed by atoms with Crippen LogP contribution < -0.4 is 10.1 Å². The number of esters is 1. The third kappa shape index (κ3) is 4.72. The third-order valence-electron chi connectivity index (χ3n) is 4.78. The van der Waals surface area contributed by atoms with Gasteiger partial charge in [0.1, 0.15) is 5.75 Å². The van der Waals surface area contributed by atoms with Gasteiger partial charge in [-0.1, -0.05) is 26.7 Å². The molecule has 0 unspecified atom stereocenters. The number of halogens is 1. The van der Waals surface area contributed by atoms with Crippen LogP contribution in [0.25, 0.3) is 0 Å². The Labute approximate surface area is 151 Å². The summed E-state index contributed by atoms with van der Waals surface area (Å²) in [5.41, 5.74) is 0.335. The summed E-state index contributed by atoms with van der Waals surface area (Å²) >= 11 is 3.30. The van der Waals surface area contributed by atoms with Gasteiger partial charge in [0, 0.05) is 10.5 Å². The molecule has 0 heterocycles. The summed E-state index contributed by atoms with van der Waals surface area (Å²) in [6, 6.07) is 5.18. The molecule has 24 heavy (non-hydrogen) atoms. The Bertz CT molecular complexity index is 605. The van der Waals surface area contributed by atoms with Gasteiger partial charge in [0.25, 0.3) is 5.91 Å². The van der Waals surface area contributed by atoms with Crippen molar-refractivity contribution >= 4 is 27.8 Å². The molecule has 0 radical (unpaired) electrons. The molecule has 1 fully saturated rings. The van der Waals surface area contributed by atoms with Crippen molar-refractivity contribution in [2.75, 3.05) is 13.7 Å². The second-order valence-corrected chi connectivity index (χ2v) is 7.22. The van der Waals surface area contributed by atoms with Crippen molar-refractivity contribution in [2.24, 2.45) is 11.8 Å². The largest absolute Gasteiger partial charge is 0.497 e. The smallest absolute Gasteiger partial charge is 0.339 e. The Morgan fingerprint density at radius 2 is 2.04 bits per heavy atom. The highest BCUT2D eigenvalue weighted by atomic mass is 79.9. The molecule has 1 aromatic rings. The molecule has 5 nitrogen and oxygen atoms in total. The van der Waals surface area contributed by atoms with Crippen molar-refractivity contribution in [3.63, 3.8) is 0 Å². The summed E-state index contributed by atoms with van der Waals surface area (Å²) in [4.78, 5) is 24.2. The van der Waals surface area contributed by atoms with Gasteiger partial charge in [-0.25, -0.2) is 4.79 Å². The standard InChI is InChI=1S/C18H24BrNO4/c1-11-5-4-6-16(12(11)2)20-17(21)10-24-18(22)14-9-13(23-3)7-8-15(14)19/h7-9,11-12,16H,4-6,10H2,1-3H3,(H,20,21)/t11-,12+,16+/m0/s1. The van der Waals surface area contributed by atoms with Crippen LogP contribution in [0.3, 0.4) is 0 Å². The Morgan fingerprint density at radius 1 is 1.29 bits per heavy atom. The van der Waals surface area contributed by atoms with E-state index in [0.29, 0.717) is 27.6 Å². The van der Waals surface area contributed by atoms with Crippen molar-refractivity contribution in [1.29, 1.82) is 0 Å². The lowest BCUT2D eigenvalue weighted by atomic mass is 9.78. The van der Waals surface area contributed by atoms with E-state index in [-0.39, 0.29) is 18.6 Å². The predicted octanol–water partition coefficient (Wildman–Crippen LogP) is 3.56. The van der Waals surface area contributed by atoms with Crippen molar-refractivity contribution in [2.45, 2.75) is 39.2 Å². The number of benzene rings is 1. The second kappa shape index (κ2) is 8.51. The zero-order valence-electron chi connectivity index (χ0n) is 14.3. The van der Waals surface area contributed by atoms with Crippen LogP contribution in [0.2, 0.25) is 0 Å². The Hall–Kier alpha value is -1.56. The summed E-state index contributed by atoms with van der Waals surface area (Å²) in [6.45, 7) is 4.09. The molecule has 0 saturated heterocycles. The van der Waals surface area contributed by atoms with Crippen molar-refractivity contribution in [1.82, 2.24) is 5.32 Å². The SMILES string of the molecule is COc1ccc(Br)c(C(=O)OCC(=O)N[C@@H]2CCC[C@H](C)[C@H]2C)c1. The second-order valence-electron chi connectivity index (χ2n) is 6.36. The molecule has 6 heteroatoms. The van der Waals surface area contributed by atoms with Gasteiger partial charge in [-0.15, -0.1) is 0 Å². The van der Waals surface area contributed by atoms with Crippen LogP contribution in [0.15, 0.2) is 22.7 Å². The minimum atomic E-state index is -0.555. The minimum absolute atomic E-state index is 0.156. The monoisotopic (exact) mass is 397 g/mol. The van der Waals surface area contributed by atoms with Gasteiger partial charge in [0.15, 0.2) is 6.61 Å². The number of nitrogens with one attached hydrogen (secondary N) is 1. The first-order valence-electron chi connectivity index (χ1n) is 8.22. The third-order valence-corrected chi connectivity index (χ3v) is 5.47. The van der Waals surface area contributed by atoms with Crippen LogP contribution >= 0.6 is 15.9 Å². The molecule has 132 valence electrons. The highest BCUT2D eigenvalue weighted by Gasteiger charge is 2.28. The Balaban J connectivity index is 1.88. The molecule has 1 amide bonds. The lowest BCUT2D eigenvalue weighted by Crippen LogP contribution is -2.45. The summed E-state index contributed by atoms with van der Waals surface area (Å²) in [6.07, 6.45) is 3.30. The van der Waals surface area contributed by atoms with Gasteiger partial charge in [0.05, 0.1) is 12.7 Å². The zero-order valence-corrected chi connectivity index (χ0v) is 15.9. The molecular weight excluding hydrogens is 374 g/mol. The van der Waals surface area contributed by atoms with E-state index in [1.807, 2.05) is 0 Å². The maximum atomic E-state index is 12.2. The zero-order chi connectivity index (χ0) is 17.7. The molecule has 1 aliphatic carbocycles. The van der Waals surface area contributed by atoms with Crippen LogP contribution in [0.5, 0.6) is 5.75 Å². The lowest BCUT2D eigenvalue weighted by Gasteiger charge is -2.34. The van der Waals surface area contributed by atoms with E-state index >= 15 is 0 Å². The minimum Gasteiger partial charge on any atom is -0.497 e. The molecule has 3 atom stereocenters. The summed E-state index contributed by atoms with van der Waals surface area (Å²) in [5, 5.41) is 2.99. The first-order valence-corrected chi connectivity index (χ1v) is 9.01. The molecule has 0 aliphatic heterocycles. The fourth-order valence-corrected chi connectivity index (χ4v) is 3.44. The van der Waals surface area contributed by atoms with Crippen molar-refractivity contribution in [3.05, 3.63) is 28.2 Å². The number of carbonyl (C=O) groups excluding carboxylic acids is 2. The van der Waals surface area contributed by atoms with E-state index < -0.39 is 5.97 Å². The van der Waals surface area contributed by atoms with Crippen molar-refractivity contribution < 1.29 is 19.1 Å². The Kier molecular flexibility index (Phi) is 6.66. The summed E-state index contributed by atoms with van der Waals surface area (Å²) < 4.78 is 10.8. The van der Waals surface area contributed by atoms with E-state index in [2.05, 4.69) is 35.1 Å². The van der Waals surface area contributed by atoms with Gasteiger partial charge in [-0.05, 0) is 52.4 Å². The number of carbonyl (C=O) groups is 2. The maximum absolute atomic E-state index is 12.2. The number of amides is 1. The van der Waals surface area contributed by atoms with Crippen LogP contribution in [-0.2, 0) is 9.53 Å². The van der Waals surface area contributed by atoms with Crippen molar-refractivity contribution in [3.8, 4) is 5.75 Å². The van der Waals surface area contributed by atoms with Gasteiger partial charge in [-0.3, -0.25) is 4.79 Å². The fraction of sp³-hybridized carbons (Fsp3) is 0.556.